The van der Waals surface area contributed by atoms with E-state index in [4.69, 9.17) is 0 Å². The zero-order chi connectivity index (χ0) is 8.43. The predicted octanol–water partition coefficient (Wildman–Crippen LogP) is 3.46. The lowest BCUT2D eigenvalue weighted by molar-refractivity contribution is 0.562. The quantitative estimate of drug-likeness (QED) is 0.420. The Morgan fingerprint density at radius 2 is 2.00 bits per heavy atom. The Balaban J connectivity index is 3.29. The van der Waals surface area contributed by atoms with Crippen LogP contribution >= 0.6 is 38.5 Å². The van der Waals surface area contributed by atoms with Gasteiger partial charge in [0.1, 0.15) is 11.6 Å². The van der Waals surface area contributed by atoms with Crippen molar-refractivity contribution in [1.29, 1.82) is 0 Å². The molecular formula is C7H4BrF2I. The highest BCUT2D eigenvalue weighted by Crippen LogP contribution is 2.20. The third-order valence-electron chi connectivity index (χ3n) is 1.27. The largest absolute Gasteiger partial charge is 0.207 e. The lowest BCUT2D eigenvalue weighted by Crippen LogP contribution is -1.94. The van der Waals surface area contributed by atoms with Crippen LogP contribution in [0, 0.1) is 15.2 Å². The standard InChI is InChI=1S/C7H4BrF2I/c8-3-4-5(9)1-2-6(11)7(4)10/h1-2H,3H2. The molecule has 11 heavy (non-hydrogen) atoms. The summed E-state index contributed by atoms with van der Waals surface area (Å²) in [5.41, 5.74) is 0.0944. The van der Waals surface area contributed by atoms with E-state index in [0.717, 1.165) is 0 Å². The summed E-state index contributed by atoms with van der Waals surface area (Å²) in [7, 11) is 0. The highest BCUT2D eigenvalue weighted by Gasteiger charge is 2.09. The molecule has 0 saturated heterocycles. The Bertz CT molecular complexity index is 275. The summed E-state index contributed by atoms with van der Waals surface area (Å²) < 4.78 is 26.2. The fourth-order valence-electron chi connectivity index (χ4n) is 0.692. The van der Waals surface area contributed by atoms with E-state index in [9.17, 15) is 8.78 Å². The van der Waals surface area contributed by atoms with E-state index in [-0.39, 0.29) is 10.9 Å². The number of hydrogen-bond donors (Lipinski definition) is 0. The van der Waals surface area contributed by atoms with E-state index in [1.54, 1.807) is 0 Å². The second-order valence-corrected chi connectivity index (χ2v) is 3.68. The van der Waals surface area contributed by atoms with E-state index in [1.165, 1.54) is 12.1 Å². The molecule has 0 saturated carbocycles. The van der Waals surface area contributed by atoms with Crippen LogP contribution in [0.15, 0.2) is 12.1 Å². The average molecular weight is 333 g/mol. The molecule has 1 aromatic carbocycles. The fraction of sp³-hybridized carbons (Fsp3) is 0.143. The Hall–Kier alpha value is 0.290. The minimum Gasteiger partial charge on any atom is -0.207 e. The molecule has 0 spiro atoms. The SMILES string of the molecule is Fc1ccc(I)c(F)c1CBr. The summed E-state index contributed by atoms with van der Waals surface area (Å²) in [6, 6.07) is 2.68. The molecule has 0 amide bonds. The van der Waals surface area contributed by atoms with Gasteiger partial charge in [-0.2, -0.15) is 0 Å². The van der Waals surface area contributed by atoms with Crippen molar-refractivity contribution in [3.63, 3.8) is 0 Å². The Morgan fingerprint density at radius 3 is 2.45 bits per heavy atom. The minimum atomic E-state index is -0.500. The number of alkyl halides is 1. The third kappa shape index (κ3) is 1.90. The molecule has 0 aliphatic heterocycles. The maximum absolute atomic E-state index is 13.0. The van der Waals surface area contributed by atoms with Gasteiger partial charge in [0.15, 0.2) is 0 Å². The van der Waals surface area contributed by atoms with Crippen LogP contribution in [-0.4, -0.2) is 0 Å². The first-order valence-corrected chi connectivity index (χ1v) is 5.05. The maximum Gasteiger partial charge on any atom is 0.143 e. The molecule has 0 heterocycles. The van der Waals surface area contributed by atoms with Gasteiger partial charge in [0.25, 0.3) is 0 Å². The van der Waals surface area contributed by atoms with E-state index >= 15 is 0 Å². The van der Waals surface area contributed by atoms with E-state index in [2.05, 4.69) is 15.9 Å². The van der Waals surface area contributed by atoms with Crippen molar-refractivity contribution in [2.75, 3.05) is 0 Å². The van der Waals surface area contributed by atoms with E-state index in [1.807, 2.05) is 22.6 Å². The third-order valence-corrected chi connectivity index (χ3v) is 2.67. The van der Waals surface area contributed by atoms with Gasteiger partial charge in [0.2, 0.25) is 0 Å². The van der Waals surface area contributed by atoms with Crippen molar-refractivity contribution < 1.29 is 8.78 Å². The smallest absolute Gasteiger partial charge is 0.143 e. The Labute approximate surface area is 85.3 Å². The van der Waals surface area contributed by atoms with Crippen LogP contribution in [0.3, 0.4) is 0 Å². The van der Waals surface area contributed by atoms with Crippen molar-refractivity contribution >= 4 is 38.5 Å². The monoisotopic (exact) mass is 332 g/mol. The molecule has 0 N–H and O–H groups in total. The summed E-state index contributed by atoms with van der Waals surface area (Å²) in [6.07, 6.45) is 0. The van der Waals surface area contributed by atoms with Crippen LogP contribution in [0.1, 0.15) is 5.56 Å². The molecule has 0 aliphatic rings. The molecule has 4 heteroatoms. The molecule has 0 radical (unpaired) electrons. The van der Waals surface area contributed by atoms with Crippen LogP contribution in [0.5, 0.6) is 0 Å². The maximum atomic E-state index is 13.0. The van der Waals surface area contributed by atoms with Gasteiger partial charge in [0, 0.05) is 14.5 Å². The van der Waals surface area contributed by atoms with Crippen molar-refractivity contribution in [3.05, 3.63) is 32.9 Å². The molecule has 1 rings (SSSR count). The average Bonchev–Trinajstić information content (AvgIpc) is 1.99. The first kappa shape index (κ1) is 9.38. The molecule has 0 bridgehead atoms. The molecule has 0 fully saturated rings. The molecule has 0 atom stereocenters. The van der Waals surface area contributed by atoms with E-state index < -0.39 is 11.6 Å². The topological polar surface area (TPSA) is 0 Å². The number of hydrogen-bond acceptors (Lipinski definition) is 0. The van der Waals surface area contributed by atoms with E-state index in [0.29, 0.717) is 3.57 Å². The van der Waals surface area contributed by atoms with Gasteiger partial charge in [-0.15, -0.1) is 0 Å². The van der Waals surface area contributed by atoms with Crippen LogP contribution in [0.2, 0.25) is 0 Å². The summed E-state index contributed by atoms with van der Waals surface area (Å²) in [5, 5.41) is 0.210. The highest BCUT2D eigenvalue weighted by atomic mass is 127. The minimum absolute atomic E-state index is 0.0944. The highest BCUT2D eigenvalue weighted by molar-refractivity contribution is 14.1. The van der Waals surface area contributed by atoms with Gasteiger partial charge in [-0.05, 0) is 34.7 Å². The molecule has 0 unspecified atom stereocenters. The van der Waals surface area contributed by atoms with Crippen molar-refractivity contribution in [2.45, 2.75) is 5.33 Å². The lowest BCUT2D eigenvalue weighted by Gasteiger charge is -2.01. The Kier molecular flexibility index (Phi) is 3.24. The first-order valence-electron chi connectivity index (χ1n) is 2.85. The zero-order valence-electron chi connectivity index (χ0n) is 5.37. The summed E-state index contributed by atoms with van der Waals surface area (Å²) in [4.78, 5) is 0. The summed E-state index contributed by atoms with van der Waals surface area (Å²) >= 11 is 4.84. The van der Waals surface area contributed by atoms with Crippen molar-refractivity contribution in [2.24, 2.45) is 0 Å². The van der Waals surface area contributed by atoms with Gasteiger partial charge < -0.3 is 0 Å². The summed E-state index contributed by atoms with van der Waals surface area (Å²) in [5.74, 6) is -0.970. The number of rotatable bonds is 1. The van der Waals surface area contributed by atoms with Crippen LogP contribution < -0.4 is 0 Å². The van der Waals surface area contributed by atoms with Crippen LogP contribution in [0.4, 0.5) is 8.78 Å². The van der Waals surface area contributed by atoms with Crippen LogP contribution in [0.25, 0.3) is 0 Å². The normalized spacial score (nSPS) is 10.2. The second kappa shape index (κ2) is 3.80. The molecule has 1 aromatic rings. The Morgan fingerprint density at radius 1 is 1.36 bits per heavy atom. The van der Waals surface area contributed by atoms with Gasteiger partial charge in [0.05, 0.1) is 0 Å². The van der Waals surface area contributed by atoms with Gasteiger partial charge in [-0.1, -0.05) is 15.9 Å². The second-order valence-electron chi connectivity index (χ2n) is 1.96. The van der Waals surface area contributed by atoms with Crippen LogP contribution in [-0.2, 0) is 5.33 Å². The molecular weight excluding hydrogens is 329 g/mol. The zero-order valence-corrected chi connectivity index (χ0v) is 9.12. The molecule has 0 aromatic heterocycles. The van der Waals surface area contributed by atoms with Gasteiger partial charge in [-0.25, -0.2) is 8.78 Å². The van der Waals surface area contributed by atoms with Crippen molar-refractivity contribution in [3.8, 4) is 0 Å². The van der Waals surface area contributed by atoms with Gasteiger partial charge >= 0.3 is 0 Å². The summed E-state index contributed by atoms with van der Waals surface area (Å²) in [6.45, 7) is 0. The fourth-order valence-corrected chi connectivity index (χ4v) is 1.71. The number of benzene rings is 1. The number of halogens is 4. The first-order chi connectivity index (χ1) is 5.16. The predicted molar refractivity (Wildman–Crippen MR) is 51.7 cm³/mol. The molecule has 0 nitrogen and oxygen atoms in total. The lowest BCUT2D eigenvalue weighted by atomic mass is 10.2. The molecule has 60 valence electrons. The molecule has 0 aliphatic carbocycles. The van der Waals surface area contributed by atoms with Gasteiger partial charge in [-0.3, -0.25) is 0 Å². The van der Waals surface area contributed by atoms with Crippen molar-refractivity contribution in [1.82, 2.24) is 0 Å².